The molecular formula is C22H18ClN5OS. The van der Waals surface area contributed by atoms with E-state index < -0.39 is 0 Å². The molecule has 0 saturated carbocycles. The maximum atomic E-state index is 12.6. The van der Waals surface area contributed by atoms with Gasteiger partial charge in [-0.1, -0.05) is 23.7 Å². The van der Waals surface area contributed by atoms with E-state index in [-0.39, 0.29) is 11.8 Å². The zero-order valence-electron chi connectivity index (χ0n) is 16.4. The number of hydrogen-bond acceptors (Lipinski definition) is 5. The number of hydrogen-bond donors (Lipinski definition) is 1. The van der Waals surface area contributed by atoms with E-state index in [9.17, 15) is 4.79 Å². The normalized spacial score (nSPS) is 15.7. The summed E-state index contributed by atoms with van der Waals surface area (Å²) in [5, 5.41) is 12.7. The molecule has 1 aliphatic rings. The van der Waals surface area contributed by atoms with Gasteiger partial charge in [0.25, 0.3) is 5.95 Å². The second kappa shape index (κ2) is 7.34. The fourth-order valence-corrected chi connectivity index (χ4v) is 4.72. The maximum absolute atomic E-state index is 12.6. The van der Waals surface area contributed by atoms with Gasteiger partial charge in [0.2, 0.25) is 5.91 Å². The van der Waals surface area contributed by atoms with E-state index in [2.05, 4.69) is 26.7 Å². The molecule has 5 rings (SSSR count). The van der Waals surface area contributed by atoms with Crippen LogP contribution in [0, 0.1) is 13.8 Å². The average molecular weight is 436 g/mol. The number of nitrogens with zero attached hydrogens (tertiary/aromatic N) is 4. The van der Waals surface area contributed by atoms with Crippen molar-refractivity contribution in [1.29, 1.82) is 0 Å². The quantitative estimate of drug-likeness (QED) is 0.483. The minimum absolute atomic E-state index is 0.0492. The third kappa shape index (κ3) is 3.30. The number of nitrogens with one attached hydrogen (secondary N) is 1. The Morgan fingerprint density at radius 2 is 1.87 bits per heavy atom. The zero-order valence-corrected chi connectivity index (χ0v) is 18.0. The molecule has 3 aromatic heterocycles. The van der Waals surface area contributed by atoms with Gasteiger partial charge in [0.1, 0.15) is 5.82 Å². The predicted molar refractivity (Wildman–Crippen MR) is 118 cm³/mol. The Morgan fingerprint density at radius 1 is 1.13 bits per heavy atom. The molecule has 0 bridgehead atoms. The molecule has 1 amide bonds. The van der Waals surface area contributed by atoms with Crippen LogP contribution in [-0.2, 0) is 4.79 Å². The standard InChI is InChI=1S/C22H18ClN5OS/c1-12-9-13(2)25-22(24-12)28-21-19(20(27-28)14-3-5-16(23)6-4-14)17(10-18(29)26-21)15-7-8-30-11-15/h3-9,11,17H,10H2,1-2H3,(H,26,29). The second-order valence-corrected chi connectivity index (χ2v) is 8.56. The van der Waals surface area contributed by atoms with Gasteiger partial charge in [-0.15, -0.1) is 0 Å². The van der Waals surface area contributed by atoms with Crippen LogP contribution >= 0.6 is 22.9 Å². The molecule has 0 fully saturated rings. The number of aryl methyl sites for hydroxylation is 2. The highest BCUT2D eigenvalue weighted by Crippen LogP contribution is 2.44. The smallest absolute Gasteiger partial charge is 0.252 e. The minimum atomic E-state index is -0.0923. The summed E-state index contributed by atoms with van der Waals surface area (Å²) in [5.41, 5.74) is 5.47. The number of halogens is 1. The highest BCUT2D eigenvalue weighted by molar-refractivity contribution is 7.08. The molecule has 30 heavy (non-hydrogen) atoms. The molecule has 8 heteroatoms. The lowest BCUT2D eigenvalue weighted by Gasteiger charge is -2.23. The second-order valence-electron chi connectivity index (χ2n) is 7.34. The Kier molecular flexibility index (Phi) is 4.64. The molecule has 1 aromatic carbocycles. The molecule has 1 unspecified atom stereocenters. The molecule has 0 radical (unpaired) electrons. The Morgan fingerprint density at radius 3 is 2.53 bits per heavy atom. The number of rotatable bonds is 3. The molecule has 1 N–H and O–H groups in total. The van der Waals surface area contributed by atoms with Gasteiger partial charge in [0.15, 0.2) is 0 Å². The van der Waals surface area contributed by atoms with Gasteiger partial charge in [-0.2, -0.15) is 21.1 Å². The number of anilines is 1. The molecule has 0 spiro atoms. The number of aromatic nitrogens is 4. The first-order valence-electron chi connectivity index (χ1n) is 9.53. The Bertz CT molecular complexity index is 1230. The van der Waals surface area contributed by atoms with Gasteiger partial charge in [0, 0.05) is 39.9 Å². The van der Waals surface area contributed by atoms with Crippen molar-refractivity contribution in [2.45, 2.75) is 26.2 Å². The van der Waals surface area contributed by atoms with E-state index >= 15 is 0 Å². The number of amides is 1. The highest BCUT2D eigenvalue weighted by atomic mass is 35.5. The van der Waals surface area contributed by atoms with E-state index in [1.54, 1.807) is 16.0 Å². The van der Waals surface area contributed by atoms with E-state index in [0.717, 1.165) is 33.8 Å². The van der Waals surface area contributed by atoms with Crippen LogP contribution in [0.15, 0.2) is 47.2 Å². The monoisotopic (exact) mass is 435 g/mol. The Balaban J connectivity index is 1.79. The van der Waals surface area contributed by atoms with Crippen LogP contribution in [0.1, 0.15) is 34.9 Å². The maximum Gasteiger partial charge on any atom is 0.252 e. The van der Waals surface area contributed by atoms with E-state index in [0.29, 0.717) is 23.2 Å². The van der Waals surface area contributed by atoms with Crippen molar-refractivity contribution in [3.63, 3.8) is 0 Å². The third-order valence-corrected chi connectivity index (χ3v) is 6.09. The largest absolute Gasteiger partial charge is 0.310 e. The van der Waals surface area contributed by atoms with Crippen LogP contribution in [0.4, 0.5) is 5.82 Å². The van der Waals surface area contributed by atoms with E-state index in [4.69, 9.17) is 16.7 Å². The minimum Gasteiger partial charge on any atom is -0.310 e. The summed E-state index contributed by atoms with van der Waals surface area (Å²) in [7, 11) is 0. The summed E-state index contributed by atoms with van der Waals surface area (Å²) in [6.45, 7) is 3.84. The number of fused-ring (bicyclic) bond motifs is 1. The highest BCUT2D eigenvalue weighted by Gasteiger charge is 2.35. The molecule has 0 saturated heterocycles. The molecule has 4 aromatic rings. The predicted octanol–water partition coefficient (Wildman–Crippen LogP) is 5.14. The number of thiophene rings is 1. The SMILES string of the molecule is Cc1cc(C)nc(-n2nc(-c3ccc(Cl)cc3)c3c2NC(=O)CC3c2ccsc2)n1. The molecule has 1 atom stereocenters. The fraction of sp³-hybridized carbons (Fsp3) is 0.182. The number of benzene rings is 1. The Labute approximate surface area is 182 Å². The van der Waals surface area contributed by atoms with Gasteiger partial charge in [0.05, 0.1) is 5.69 Å². The first-order chi connectivity index (χ1) is 14.5. The van der Waals surface area contributed by atoms with Crippen LogP contribution in [0.25, 0.3) is 17.2 Å². The van der Waals surface area contributed by atoms with Crippen molar-refractivity contribution >= 4 is 34.7 Å². The number of carbonyl (C=O) groups is 1. The van der Waals surface area contributed by atoms with Crippen molar-refractivity contribution in [2.75, 3.05) is 5.32 Å². The van der Waals surface area contributed by atoms with E-state index in [1.807, 2.05) is 49.6 Å². The molecule has 4 heterocycles. The van der Waals surface area contributed by atoms with Crippen molar-refractivity contribution in [3.8, 4) is 17.2 Å². The van der Waals surface area contributed by atoms with Crippen LogP contribution in [0.5, 0.6) is 0 Å². The molecule has 1 aliphatic heterocycles. The summed E-state index contributed by atoms with van der Waals surface area (Å²) >= 11 is 7.73. The fourth-order valence-electron chi connectivity index (χ4n) is 3.88. The van der Waals surface area contributed by atoms with Crippen LogP contribution < -0.4 is 5.32 Å². The topological polar surface area (TPSA) is 72.7 Å². The van der Waals surface area contributed by atoms with Gasteiger partial charge >= 0.3 is 0 Å². The van der Waals surface area contributed by atoms with Gasteiger partial charge in [-0.05, 0) is 54.4 Å². The molecule has 0 aliphatic carbocycles. The lowest BCUT2D eigenvalue weighted by molar-refractivity contribution is -0.116. The van der Waals surface area contributed by atoms with E-state index in [1.165, 1.54) is 0 Å². The molecule has 6 nitrogen and oxygen atoms in total. The van der Waals surface area contributed by atoms with Crippen molar-refractivity contribution in [3.05, 3.63) is 74.7 Å². The zero-order chi connectivity index (χ0) is 20.8. The summed E-state index contributed by atoms with van der Waals surface area (Å²) in [6, 6.07) is 11.5. The van der Waals surface area contributed by atoms with Crippen molar-refractivity contribution in [2.24, 2.45) is 0 Å². The summed E-state index contributed by atoms with van der Waals surface area (Å²) < 4.78 is 1.65. The van der Waals surface area contributed by atoms with Gasteiger partial charge in [-0.3, -0.25) is 4.79 Å². The first kappa shape index (κ1) is 19.0. The van der Waals surface area contributed by atoms with Crippen LogP contribution in [-0.4, -0.2) is 25.7 Å². The summed E-state index contributed by atoms with van der Waals surface area (Å²) in [6.07, 6.45) is 0.365. The number of carbonyl (C=O) groups excluding carboxylic acids is 1. The van der Waals surface area contributed by atoms with Gasteiger partial charge < -0.3 is 5.32 Å². The summed E-state index contributed by atoms with van der Waals surface area (Å²) in [4.78, 5) is 21.8. The first-order valence-corrected chi connectivity index (χ1v) is 10.8. The lowest BCUT2D eigenvalue weighted by atomic mass is 9.86. The van der Waals surface area contributed by atoms with Crippen molar-refractivity contribution < 1.29 is 4.79 Å². The third-order valence-electron chi connectivity index (χ3n) is 5.14. The van der Waals surface area contributed by atoms with Crippen LogP contribution in [0.3, 0.4) is 0 Å². The van der Waals surface area contributed by atoms with Gasteiger partial charge in [-0.25, -0.2) is 9.97 Å². The average Bonchev–Trinajstić information content (AvgIpc) is 3.35. The Hall–Kier alpha value is -3.03. The molecule has 150 valence electrons. The molecular weight excluding hydrogens is 418 g/mol. The van der Waals surface area contributed by atoms with Crippen molar-refractivity contribution in [1.82, 2.24) is 19.7 Å². The lowest BCUT2D eigenvalue weighted by Crippen LogP contribution is -2.25. The van der Waals surface area contributed by atoms with Crippen LogP contribution in [0.2, 0.25) is 5.02 Å². The summed E-state index contributed by atoms with van der Waals surface area (Å²) in [5.74, 6) is 0.921.